The lowest BCUT2D eigenvalue weighted by Gasteiger charge is -2.14. The summed E-state index contributed by atoms with van der Waals surface area (Å²) in [6.07, 6.45) is 0.0165. The van der Waals surface area contributed by atoms with E-state index in [0.717, 1.165) is 17.0 Å². The quantitative estimate of drug-likeness (QED) is 0.637. The Morgan fingerprint density at radius 1 is 1.00 bits per heavy atom. The van der Waals surface area contributed by atoms with Gasteiger partial charge in [-0.15, -0.1) is 0 Å². The van der Waals surface area contributed by atoms with Gasteiger partial charge in [0.2, 0.25) is 0 Å². The lowest BCUT2D eigenvalue weighted by atomic mass is 10.1. The van der Waals surface area contributed by atoms with Gasteiger partial charge in [-0.2, -0.15) is 0 Å². The molecule has 0 spiro atoms. The molecule has 0 aliphatic rings. The molecule has 0 heterocycles. The number of nitrogens with two attached hydrogens (primary N) is 1. The molecule has 0 radical (unpaired) electrons. The van der Waals surface area contributed by atoms with Gasteiger partial charge in [-0.25, -0.2) is 0 Å². The second-order valence-electron chi connectivity index (χ2n) is 4.34. The van der Waals surface area contributed by atoms with Crippen LogP contribution in [0.3, 0.4) is 0 Å². The molecule has 0 aromatic heterocycles. The Hall–Kier alpha value is -2.00. The van der Waals surface area contributed by atoms with Crippen molar-refractivity contribution in [1.82, 2.24) is 0 Å². The van der Waals surface area contributed by atoms with Crippen LogP contribution in [0.1, 0.15) is 18.6 Å². The first-order valence-corrected chi connectivity index (χ1v) is 6.40. The molecular weight excluding hydrogens is 238 g/mol. The molecule has 0 fully saturated rings. The van der Waals surface area contributed by atoms with E-state index in [1.165, 1.54) is 0 Å². The molecule has 2 N–H and O–H groups in total. The summed E-state index contributed by atoms with van der Waals surface area (Å²) >= 11 is 0. The Labute approximate surface area is 114 Å². The van der Waals surface area contributed by atoms with Crippen molar-refractivity contribution in [3.05, 3.63) is 60.2 Å². The van der Waals surface area contributed by atoms with E-state index >= 15 is 0 Å². The lowest BCUT2D eigenvalue weighted by Crippen LogP contribution is -2.09. The predicted molar refractivity (Wildman–Crippen MR) is 77.2 cm³/mol. The Bertz CT molecular complexity index is 499. The summed E-state index contributed by atoms with van der Waals surface area (Å²) in [6, 6.07) is 17.5. The number of anilines is 1. The van der Waals surface area contributed by atoms with Gasteiger partial charge in [0.15, 0.2) is 0 Å². The van der Waals surface area contributed by atoms with Crippen LogP contribution in [0, 0.1) is 0 Å². The van der Waals surface area contributed by atoms with Crippen LogP contribution in [-0.2, 0) is 4.74 Å². The number of nitrogen functional groups attached to an aromatic ring is 1. The van der Waals surface area contributed by atoms with Crippen molar-refractivity contribution in [1.29, 1.82) is 0 Å². The third kappa shape index (κ3) is 4.30. The van der Waals surface area contributed by atoms with Crippen LogP contribution in [0.5, 0.6) is 5.75 Å². The van der Waals surface area contributed by atoms with E-state index in [-0.39, 0.29) is 6.10 Å². The summed E-state index contributed by atoms with van der Waals surface area (Å²) in [5.74, 6) is 0.864. The van der Waals surface area contributed by atoms with E-state index in [0.29, 0.717) is 13.2 Å². The zero-order valence-electron chi connectivity index (χ0n) is 11.1. The molecule has 0 saturated heterocycles. The molecule has 1 unspecified atom stereocenters. The third-order valence-corrected chi connectivity index (χ3v) is 2.84. The van der Waals surface area contributed by atoms with Crippen LogP contribution in [-0.4, -0.2) is 13.2 Å². The monoisotopic (exact) mass is 257 g/mol. The number of hydrogen-bond donors (Lipinski definition) is 1. The molecule has 2 rings (SSSR count). The Balaban J connectivity index is 1.74. The maximum absolute atomic E-state index is 5.75. The standard InChI is InChI=1S/C16H19NO2/c1-13(14-6-5-7-15(17)12-14)18-10-11-19-16-8-3-2-4-9-16/h2-9,12-13H,10-11,17H2,1H3. The van der Waals surface area contributed by atoms with Crippen molar-refractivity contribution < 1.29 is 9.47 Å². The van der Waals surface area contributed by atoms with Gasteiger partial charge in [0.1, 0.15) is 12.4 Å². The molecule has 0 amide bonds. The molecule has 0 bridgehead atoms. The molecule has 19 heavy (non-hydrogen) atoms. The van der Waals surface area contributed by atoms with Gasteiger partial charge in [0.05, 0.1) is 12.7 Å². The van der Waals surface area contributed by atoms with Crippen molar-refractivity contribution >= 4 is 5.69 Å². The fourth-order valence-electron chi connectivity index (χ4n) is 1.81. The van der Waals surface area contributed by atoms with E-state index in [2.05, 4.69) is 0 Å². The highest BCUT2D eigenvalue weighted by atomic mass is 16.5. The van der Waals surface area contributed by atoms with Crippen molar-refractivity contribution in [3.8, 4) is 5.75 Å². The number of rotatable bonds is 6. The lowest BCUT2D eigenvalue weighted by molar-refractivity contribution is 0.0440. The van der Waals surface area contributed by atoms with Gasteiger partial charge in [-0.05, 0) is 36.8 Å². The highest BCUT2D eigenvalue weighted by Crippen LogP contribution is 2.18. The van der Waals surface area contributed by atoms with E-state index in [1.54, 1.807) is 0 Å². The van der Waals surface area contributed by atoms with Crippen LogP contribution >= 0.6 is 0 Å². The topological polar surface area (TPSA) is 44.5 Å². The zero-order valence-corrected chi connectivity index (χ0v) is 11.1. The summed E-state index contributed by atoms with van der Waals surface area (Å²) in [6.45, 7) is 3.10. The minimum absolute atomic E-state index is 0.0165. The first-order chi connectivity index (χ1) is 9.25. The average molecular weight is 257 g/mol. The van der Waals surface area contributed by atoms with Crippen LogP contribution in [0.4, 0.5) is 5.69 Å². The van der Waals surface area contributed by atoms with Crippen LogP contribution in [0.2, 0.25) is 0 Å². The largest absolute Gasteiger partial charge is 0.491 e. The van der Waals surface area contributed by atoms with Crippen molar-refractivity contribution in [3.63, 3.8) is 0 Å². The number of hydrogen-bond acceptors (Lipinski definition) is 3. The molecule has 2 aromatic rings. The second-order valence-corrected chi connectivity index (χ2v) is 4.34. The molecule has 100 valence electrons. The fourth-order valence-corrected chi connectivity index (χ4v) is 1.81. The van der Waals surface area contributed by atoms with Crippen molar-refractivity contribution in [2.75, 3.05) is 18.9 Å². The van der Waals surface area contributed by atoms with Gasteiger partial charge in [-0.3, -0.25) is 0 Å². The molecule has 0 aliphatic heterocycles. The third-order valence-electron chi connectivity index (χ3n) is 2.84. The fraction of sp³-hybridized carbons (Fsp3) is 0.250. The maximum atomic E-state index is 5.75. The normalized spacial score (nSPS) is 12.1. The van der Waals surface area contributed by atoms with Crippen LogP contribution < -0.4 is 10.5 Å². The minimum atomic E-state index is 0.0165. The molecular formula is C16H19NO2. The number of ether oxygens (including phenoxy) is 2. The number of para-hydroxylation sites is 1. The van der Waals surface area contributed by atoms with E-state index in [1.807, 2.05) is 61.5 Å². The first kappa shape index (κ1) is 13.4. The summed E-state index contributed by atoms with van der Waals surface area (Å²) in [5, 5.41) is 0. The highest BCUT2D eigenvalue weighted by molar-refractivity contribution is 5.41. The van der Waals surface area contributed by atoms with E-state index in [4.69, 9.17) is 15.2 Å². The SMILES string of the molecule is CC(OCCOc1ccccc1)c1cccc(N)c1. The summed E-state index contributed by atoms with van der Waals surface area (Å²) in [7, 11) is 0. The number of benzene rings is 2. The Kier molecular flexibility index (Phi) is 4.81. The summed E-state index contributed by atoms with van der Waals surface area (Å²) < 4.78 is 11.3. The molecule has 1 atom stereocenters. The highest BCUT2D eigenvalue weighted by Gasteiger charge is 2.05. The zero-order chi connectivity index (χ0) is 13.5. The van der Waals surface area contributed by atoms with Crippen LogP contribution in [0.15, 0.2) is 54.6 Å². The molecule has 0 aliphatic carbocycles. The van der Waals surface area contributed by atoms with Gasteiger partial charge >= 0.3 is 0 Å². The average Bonchev–Trinajstić information content (AvgIpc) is 2.44. The van der Waals surface area contributed by atoms with Gasteiger partial charge in [-0.1, -0.05) is 30.3 Å². The van der Waals surface area contributed by atoms with Gasteiger partial charge < -0.3 is 15.2 Å². The molecule has 0 saturated carbocycles. The summed E-state index contributed by atoms with van der Waals surface area (Å²) in [5.41, 5.74) is 7.59. The van der Waals surface area contributed by atoms with Gasteiger partial charge in [0, 0.05) is 5.69 Å². The summed E-state index contributed by atoms with van der Waals surface area (Å²) in [4.78, 5) is 0. The van der Waals surface area contributed by atoms with E-state index in [9.17, 15) is 0 Å². The Morgan fingerprint density at radius 3 is 2.53 bits per heavy atom. The van der Waals surface area contributed by atoms with Gasteiger partial charge in [0.25, 0.3) is 0 Å². The first-order valence-electron chi connectivity index (χ1n) is 6.40. The molecule has 3 heteroatoms. The second kappa shape index (κ2) is 6.81. The maximum Gasteiger partial charge on any atom is 0.119 e. The Morgan fingerprint density at radius 2 is 1.79 bits per heavy atom. The predicted octanol–water partition coefficient (Wildman–Crippen LogP) is 3.43. The molecule has 2 aromatic carbocycles. The smallest absolute Gasteiger partial charge is 0.119 e. The van der Waals surface area contributed by atoms with Crippen LogP contribution in [0.25, 0.3) is 0 Å². The molecule has 3 nitrogen and oxygen atoms in total. The van der Waals surface area contributed by atoms with Crippen molar-refractivity contribution in [2.24, 2.45) is 0 Å². The minimum Gasteiger partial charge on any atom is -0.491 e. The van der Waals surface area contributed by atoms with E-state index < -0.39 is 0 Å². The van der Waals surface area contributed by atoms with Crippen molar-refractivity contribution in [2.45, 2.75) is 13.0 Å².